The quantitative estimate of drug-likeness (QED) is 0.926. The molecule has 0 radical (unpaired) electrons. The molecular formula is C18H17ClN2O3. The third-order valence-electron chi connectivity index (χ3n) is 4.15. The van der Waals surface area contributed by atoms with Gasteiger partial charge in [-0.3, -0.25) is 4.79 Å². The van der Waals surface area contributed by atoms with Crippen LogP contribution in [0.4, 0.5) is 10.5 Å². The molecule has 0 bridgehead atoms. The number of halogens is 1. The maximum Gasteiger partial charge on any atom is 0.405 e. The van der Waals surface area contributed by atoms with Gasteiger partial charge in [-0.1, -0.05) is 48.0 Å². The number of carbonyl (C=O) groups excluding carboxylic acids is 2. The summed E-state index contributed by atoms with van der Waals surface area (Å²) >= 11 is 6.12. The summed E-state index contributed by atoms with van der Waals surface area (Å²) in [5.74, 6) is -0.306. The molecule has 0 spiro atoms. The lowest BCUT2D eigenvalue weighted by atomic mass is 9.95. The van der Waals surface area contributed by atoms with Crippen molar-refractivity contribution in [3.63, 3.8) is 0 Å². The average Bonchev–Trinajstić information content (AvgIpc) is 2.56. The first kappa shape index (κ1) is 16.3. The van der Waals surface area contributed by atoms with Crippen LogP contribution in [0.5, 0.6) is 0 Å². The number of benzene rings is 2. The Morgan fingerprint density at radius 1 is 1.29 bits per heavy atom. The summed E-state index contributed by atoms with van der Waals surface area (Å²) in [7, 11) is 0. The lowest BCUT2D eigenvalue weighted by Crippen LogP contribution is -2.48. The zero-order valence-electron chi connectivity index (χ0n) is 13.1. The summed E-state index contributed by atoms with van der Waals surface area (Å²) in [6.45, 7) is 1.92. The van der Waals surface area contributed by atoms with Gasteiger partial charge in [0.15, 0.2) is 6.10 Å². The fraction of sp³-hybridized carbons (Fsp3) is 0.222. The van der Waals surface area contributed by atoms with Crippen LogP contribution in [0.25, 0.3) is 0 Å². The molecule has 0 saturated carbocycles. The van der Waals surface area contributed by atoms with Crippen LogP contribution >= 0.6 is 11.6 Å². The Kier molecular flexibility index (Phi) is 4.44. The second-order valence-electron chi connectivity index (χ2n) is 5.70. The highest BCUT2D eigenvalue weighted by Crippen LogP contribution is 2.37. The first-order chi connectivity index (χ1) is 11.5. The first-order valence-electron chi connectivity index (χ1n) is 7.60. The number of amides is 2. The van der Waals surface area contributed by atoms with Crippen molar-refractivity contribution >= 4 is 29.3 Å². The Morgan fingerprint density at radius 2 is 2.00 bits per heavy atom. The van der Waals surface area contributed by atoms with Crippen molar-refractivity contribution in [2.45, 2.75) is 25.5 Å². The molecule has 0 aromatic heterocycles. The van der Waals surface area contributed by atoms with Crippen LogP contribution in [0, 0.1) is 0 Å². The molecule has 2 N–H and O–H groups in total. The SMILES string of the molecule is C[C@@H](c1ccccc1)N1C(=O)[C@H](OC(N)=O)Cc2ccc(Cl)cc21. The van der Waals surface area contributed by atoms with E-state index in [0.29, 0.717) is 5.02 Å². The molecular weight excluding hydrogens is 328 g/mol. The first-order valence-corrected chi connectivity index (χ1v) is 7.97. The number of primary amides is 1. The van der Waals surface area contributed by atoms with E-state index < -0.39 is 12.2 Å². The molecule has 1 aliphatic heterocycles. The van der Waals surface area contributed by atoms with E-state index in [1.807, 2.05) is 43.3 Å². The zero-order chi connectivity index (χ0) is 17.3. The van der Waals surface area contributed by atoms with Gasteiger partial charge in [0.25, 0.3) is 5.91 Å². The minimum absolute atomic E-state index is 0.241. The van der Waals surface area contributed by atoms with Crippen molar-refractivity contribution < 1.29 is 14.3 Å². The van der Waals surface area contributed by atoms with Crippen LogP contribution in [0.15, 0.2) is 48.5 Å². The van der Waals surface area contributed by atoms with Crippen molar-refractivity contribution in [3.8, 4) is 0 Å². The lowest BCUT2D eigenvalue weighted by Gasteiger charge is -2.37. The van der Waals surface area contributed by atoms with E-state index in [9.17, 15) is 9.59 Å². The Hall–Kier alpha value is -2.53. The Bertz CT molecular complexity index is 779. The molecule has 5 nitrogen and oxygen atoms in total. The van der Waals surface area contributed by atoms with Crippen LogP contribution in [-0.2, 0) is 16.0 Å². The van der Waals surface area contributed by atoms with E-state index in [1.165, 1.54) is 0 Å². The summed E-state index contributed by atoms with van der Waals surface area (Å²) in [5.41, 5.74) is 7.69. The normalized spacial score (nSPS) is 18.0. The number of carbonyl (C=O) groups is 2. The number of anilines is 1. The molecule has 1 aliphatic rings. The average molecular weight is 345 g/mol. The number of hydrogen-bond acceptors (Lipinski definition) is 3. The molecule has 1 heterocycles. The van der Waals surface area contributed by atoms with Crippen molar-refractivity contribution in [1.29, 1.82) is 0 Å². The van der Waals surface area contributed by atoms with Gasteiger partial charge in [0.05, 0.1) is 6.04 Å². The second-order valence-corrected chi connectivity index (χ2v) is 6.13. The van der Waals surface area contributed by atoms with Crippen molar-refractivity contribution in [1.82, 2.24) is 0 Å². The Labute approximate surface area is 145 Å². The number of hydrogen-bond donors (Lipinski definition) is 1. The highest BCUT2D eigenvalue weighted by Gasteiger charge is 2.38. The monoisotopic (exact) mass is 344 g/mol. The number of fused-ring (bicyclic) bond motifs is 1. The topological polar surface area (TPSA) is 72.6 Å². The van der Waals surface area contributed by atoms with Gasteiger partial charge in [0, 0.05) is 17.1 Å². The number of nitrogens with zero attached hydrogens (tertiary/aromatic N) is 1. The van der Waals surface area contributed by atoms with Crippen molar-refractivity contribution in [2.75, 3.05) is 4.90 Å². The minimum atomic E-state index is -0.960. The molecule has 2 amide bonds. The van der Waals surface area contributed by atoms with E-state index in [-0.39, 0.29) is 18.4 Å². The molecule has 24 heavy (non-hydrogen) atoms. The van der Waals surface area contributed by atoms with Crippen LogP contribution in [0.1, 0.15) is 24.1 Å². The zero-order valence-corrected chi connectivity index (χ0v) is 13.9. The minimum Gasteiger partial charge on any atom is -0.436 e. The number of ether oxygens (including phenoxy) is 1. The third kappa shape index (κ3) is 3.08. The summed E-state index contributed by atoms with van der Waals surface area (Å²) in [5, 5.41) is 0.543. The van der Waals surface area contributed by atoms with Gasteiger partial charge in [-0.2, -0.15) is 0 Å². The molecule has 2 aromatic rings. The maximum atomic E-state index is 12.9. The van der Waals surface area contributed by atoms with Gasteiger partial charge < -0.3 is 15.4 Å². The predicted molar refractivity (Wildman–Crippen MR) is 92.0 cm³/mol. The van der Waals surface area contributed by atoms with E-state index in [4.69, 9.17) is 22.1 Å². The van der Waals surface area contributed by atoms with Gasteiger partial charge in [0.1, 0.15) is 0 Å². The molecule has 124 valence electrons. The third-order valence-corrected chi connectivity index (χ3v) is 4.39. The van der Waals surface area contributed by atoms with Gasteiger partial charge >= 0.3 is 6.09 Å². The highest BCUT2D eigenvalue weighted by atomic mass is 35.5. The van der Waals surface area contributed by atoms with E-state index in [2.05, 4.69) is 0 Å². The standard InChI is InChI=1S/C18H17ClN2O3/c1-11(12-5-3-2-4-6-12)21-15-10-14(19)8-7-13(15)9-16(17(21)22)24-18(20)23/h2-8,10-11,16H,9H2,1H3,(H2,20,23)/t11-,16+/m0/s1. The van der Waals surface area contributed by atoms with Gasteiger partial charge in [-0.25, -0.2) is 4.79 Å². The van der Waals surface area contributed by atoms with Gasteiger partial charge in [-0.15, -0.1) is 0 Å². The fourth-order valence-corrected chi connectivity index (χ4v) is 3.17. The molecule has 6 heteroatoms. The molecule has 2 atom stereocenters. The number of nitrogens with two attached hydrogens (primary N) is 1. The van der Waals surface area contributed by atoms with Crippen LogP contribution in [0.2, 0.25) is 5.02 Å². The Morgan fingerprint density at radius 3 is 2.67 bits per heavy atom. The molecule has 3 rings (SSSR count). The lowest BCUT2D eigenvalue weighted by molar-refractivity contribution is -0.127. The van der Waals surface area contributed by atoms with Gasteiger partial charge in [0.2, 0.25) is 0 Å². The maximum absolute atomic E-state index is 12.9. The van der Waals surface area contributed by atoms with Crippen LogP contribution in [0.3, 0.4) is 0 Å². The Balaban J connectivity index is 2.06. The van der Waals surface area contributed by atoms with Crippen LogP contribution < -0.4 is 10.6 Å². The molecule has 2 aromatic carbocycles. The van der Waals surface area contributed by atoms with E-state index >= 15 is 0 Å². The van der Waals surface area contributed by atoms with Gasteiger partial charge in [-0.05, 0) is 30.2 Å². The summed E-state index contributed by atoms with van der Waals surface area (Å²) < 4.78 is 5.02. The smallest absolute Gasteiger partial charge is 0.405 e. The second kappa shape index (κ2) is 6.53. The van der Waals surface area contributed by atoms with Crippen molar-refractivity contribution in [3.05, 3.63) is 64.7 Å². The summed E-state index contributed by atoms with van der Waals surface area (Å²) in [6.07, 6.45) is -1.60. The van der Waals surface area contributed by atoms with Crippen molar-refractivity contribution in [2.24, 2.45) is 5.73 Å². The summed E-state index contributed by atoms with van der Waals surface area (Å²) in [6, 6.07) is 14.7. The van der Waals surface area contributed by atoms with E-state index in [0.717, 1.165) is 16.8 Å². The van der Waals surface area contributed by atoms with E-state index in [1.54, 1.807) is 17.0 Å². The largest absolute Gasteiger partial charge is 0.436 e. The molecule has 0 aliphatic carbocycles. The summed E-state index contributed by atoms with van der Waals surface area (Å²) in [4.78, 5) is 25.7. The molecule has 0 fully saturated rings. The number of rotatable bonds is 3. The predicted octanol–water partition coefficient (Wildman–Crippen LogP) is 3.45. The molecule has 0 unspecified atom stereocenters. The van der Waals surface area contributed by atoms with Crippen LogP contribution in [-0.4, -0.2) is 18.1 Å². The molecule has 0 saturated heterocycles. The fourth-order valence-electron chi connectivity index (χ4n) is 3.01. The highest BCUT2D eigenvalue weighted by molar-refractivity contribution is 6.31.